The van der Waals surface area contributed by atoms with Gasteiger partial charge in [-0.05, 0) is 43.5 Å². The van der Waals surface area contributed by atoms with Crippen LogP contribution in [-0.4, -0.2) is 70.8 Å². The van der Waals surface area contributed by atoms with Gasteiger partial charge in [-0.15, -0.1) is 5.10 Å². The zero-order valence-corrected chi connectivity index (χ0v) is 21.7. The summed E-state index contributed by atoms with van der Waals surface area (Å²) in [6.45, 7) is 5.01. The van der Waals surface area contributed by atoms with E-state index < -0.39 is 62.7 Å². The molecule has 1 fully saturated rings. The molecule has 2 aromatic carbocycles. The van der Waals surface area contributed by atoms with E-state index in [9.17, 15) is 33.6 Å². The zero-order chi connectivity index (χ0) is 27.1. The number of hydrogen-bond acceptors (Lipinski definition) is 6. The van der Waals surface area contributed by atoms with Crippen molar-refractivity contribution in [1.82, 2.24) is 15.0 Å². The molecule has 0 spiro atoms. The van der Waals surface area contributed by atoms with Crippen LogP contribution >= 0.6 is 10.9 Å². The largest absolute Gasteiger partial charge is 0.395 e. The molecular formula is C26H32F3N3O4S. The van der Waals surface area contributed by atoms with Crippen LogP contribution in [0.2, 0.25) is 0 Å². The third-order valence-electron chi connectivity index (χ3n) is 6.98. The fraction of sp³-hybridized carbons (Fsp3) is 0.462. The molecule has 6 atom stereocenters. The number of hydrogen-bond donors (Lipinski definition) is 5. The lowest BCUT2D eigenvalue weighted by Crippen LogP contribution is -2.52. The molecule has 7 nitrogen and oxygen atoms in total. The van der Waals surface area contributed by atoms with Crippen molar-refractivity contribution in [2.75, 3.05) is 12.4 Å². The Balaban J connectivity index is 1.69. The normalized spacial score (nSPS) is 26.3. The number of rotatable bonds is 7. The van der Waals surface area contributed by atoms with Crippen LogP contribution in [0.1, 0.15) is 43.2 Å². The van der Waals surface area contributed by atoms with Crippen molar-refractivity contribution in [2.45, 2.75) is 61.5 Å². The Morgan fingerprint density at radius 2 is 1.78 bits per heavy atom. The molecule has 3 aromatic rings. The summed E-state index contributed by atoms with van der Waals surface area (Å²) in [5, 5.41) is 50.9. The predicted octanol–water partition coefficient (Wildman–Crippen LogP) is 3.08. The number of thiol groups is 1. The lowest BCUT2D eigenvalue weighted by atomic mass is 9.93. The molecule has 202 valence electrons. The van der Waals surface area contributed by atoms with Crippen molar-refractivity contribution in [3.63, 3.8) is 0 Å². The predicted molar refractivity (Wildman–Crippen MR) is 136 cm³/mol. The summed E-state index contributed by atoms with van der Waals surface area (Å²) in [5.41, 5.74) is 0.731. The van der Waals surface area contributed by atoms with Gasteiger partial charge in [-0.25, -0.2) is 28.7 Å². The highest BCUT2D eigenvalue weighted by molar-refractivity contribution is 8.18. The number of aromatic nitrogens is 3. The fourth-order valence-electron chi connectivity index (χ4n) is 5.30. The summed E-state index contributed by atoms with van der Waals surface area (Å²) >= 11 is 0. The standard InChI is InChI=1S/C26H32F3N3O4S/c1-4-14-7-5-6-8-16(14)25(26(2,3)36)37-13-20(34)23(24(35)21(37)12-33)32-11-19(30-31-32)15-9-17(27)22(29)18(28)10-15/h5-11,20-21,23-25,33-37H,4,12-13H2,1-3H3/t20-,21+,23-,24-,25+/m0/s1. The van der Waals surface area contributed by atoms with Crippen LogP contribution in [0.4, 0.5) is 13.2 Å². The smallest absolute Gasteiger partial charge is 0.194 e. The van der Waals surface area contributed by atoms with Crippen molar-refractivity contribution in [3.05, 3.63) is 71.2 Å². The van der Waals surface area contributed by atoms with Crippen LogP contribution in [0, 0.1) is 17.5 Å². The van der Waals surface area contributed by atoms with Gasteiger partial charge >= 0.3 is 0 Å². The van der Waals surface area contributed by atoms with Gasteiger partial charge in [-0.3, -0.25) is 0 Å². The summed E-state index contributed by atoms with van der Waals surface area (Å²) in [5.74, 6) is -4.15. The molecule has 0 radical (unpaired) electrons. The van der Waals surface area contributed by atoms with E-state index in [1.54, 1.807) is 13.8 Å². The molecule has 4 N–H and O–H groups in total. The maximum Gasteiger partial charge on any atom is 0.194 e. The van der Waals surface area contributed by atoms with Gasteiger partial charge in [0.2, 0.25) is 0 Å². The second kappa shape index (κ2) is 10.7. The van der Waals surface area contributed by atoms with Crippen molar-refractivity contribution in [3.8, 4) is 11.3 Å². The van der Waals surface area contributed by atoms with Crippen LogP contribution in [-0.2, 0) is 6.42 Å². The molecule has 0 aliphatic carbocycles. The Bertz CT molecular complexity index is 1230. The second-order valence-corrected chi connectivity index (χ2v) is 12.5. The Labute approximate surface area is 215 Å². The highest BCUT2D eigenvalue weighted by atomic mass is 32.2. The minimum atomic E-state index is -1.60. The molecule has 0 amide bonds. The molecular weight excluding hydrogens is 507 g/mol. The molecule has 2 heterocycles. The third kappa shape index (κ3) is 5.28. The Morgan fingerprint density at radius 1 is 1.14 bits per heavy atom. The maximum atomic E-state index is 13.7. The summed E-state index contributed by atoms with van der Waals surface area (Å²) < 4.78 is 42.0. The number of aryl methyl sites for hydroxylation is 1. The van der Waals surface area contributed by atoms with E-state index in [0.29, 0.717) is 0 Å². The van der Waals surface area contributed by atoms with Gasteiger partial charge in [0.15, 0.2) is 17.5 Å². The first-order valence-corrected chi connectivity index (χ1v) is 13.7. The van der Waals surface area contributed by atoms with E-state index in [-0.39, 0.29) is 23.6 Å². The van der Waals surface area contributed by atoms with Gasteiger partial charge in [-0.1, -0.05) is 36.4 Å². The van der Waals surface area contributed by atoms with Crippen molar-refractivity contribution in [1.29, 1.82) is 0 Å². The number of benzene rings is 2. The molecule has 0 saturated carbocycles. The first-order valence-electron chi connectivity index (χ1n) is 12.1. The van der Waals surface area contributed by atoms with E-state index >= 15 is 0 Å². The van der Waals surface area contributed by atoms with E-state index in [2.05, 4.69) is 10.3 Å². The van der Waals surface area contributed by atoms with Crippen LogP contribution < -0.4 is 0 Å². The lowest BCUT2D eigenvalue weighted by Gasteiger charge is -2.51. The first kappa shape index (κ1) is 27.6. The van der Waals surface area contributed by atoms with Gasteiger partial charge in [0, 0.05) is 21.8 Å². The number of nitrogens with zero attached hydrogens (tertiary/aromatic N) is 3. The summed E-state index contributed by atoms with van der Waals surface area (Å²) in [6.07, 6.45) is -0.325. The zero-order valence-electron chi connectivity index (χ0n) is 20.8. The van der Waals surface area contributed by atoms with Crippen LogP contribution in [0.25, 0.3) is 11.3 Å². The average Bonchev–Trinajstić information content (AvgIpc) is 3.31. The number of halogens is 3. The Hall–Kier alpha value is -2.44. The van der Waals surface area contributed by atoms with Crippen molar-refractivity contribution in [2.24, 2.45) is 0 Å². The minimum Gasteiger partial charge on any atom is -0.395 e. The third-order valence-corrected chi connectivity index (χ3v) is 10.7. The minimum absolute atomic E-state index is 0.0248. The summed E-state index contributed by atoms with van der Waals surface area (Å²) in [6, 6.07) is 8.29. The number of aliphatic hydroxyl groups is 4. The molecule has 0 bridgehead atoms. The van der Waals surface area contributed by atoms with E-state index in [4.69, 9.17) is 0 Å². The molecule has 4 rings (SSSR count). The van der Waals surface area contributed by atoms with Crippen molar-refractivity contribution < 1.29 is 33.6 Å². The lowest BCUT2D eigenvalue weighted by molar-refractivity contribution is 0.00570. The average molecular weight is 540 g/mol. The topological polar surface area (TPSA) is 112 Å². The molecule has 1 aliphatic heterocycles. The Morgan fingerprint density at radius 3 is 2.38 bits per heavy atom. The SMILES string of the molecule is CCc1ccccc1[C@@H]([SH]1C[C@H](O)[C@H](n2cc(-c3cc(F)c(F)c(F)c3)nn2)[C@@H](O)[C@H]1CO)C(C)(C)O. The molecule has 1 aromatic heterocycles. The maximum absolute atomic E-state index is 13.7. The number of aliphatic hydroxyl groups excluding tert-OH is 3. The highest BCUT2D eigenvalue weighted by Crippen LogP contribution is 2.57. The quantitative estimate of drug-likeness (QED) is 0.233. The molecule has 1 unspecified atom stereocenters. The van der Waals surface area contributed by atoms with Gasteiger partial charge in [0.1, 0.15) is 11.7 Å². The summed E-state index contributed by atoms with van der Waals surface area (Å²) in [7, 11) is -1.33. The van der Waals surface area contributed by atoms with E-state index in [1.807, 2.05) is 31.2 Å². The Kier molecular flexibility index (Phi) is 8.01. The fourth-order valence-corrected chi connectivity index (χ4v) is 9.01. The summed E-state index contributed by atoms with van der Waals surface area (Å²) in [4.78, 5) is 0. The molecule has 11 heteroatoms. The van der Waals surface area contributed by atoms with Crippen LogP contribution in [0.15, 0.2) is 42.6 Å². The second-order valence-electron chi connectivity index (χ2n) is 9.94. The van der Waals surface area contributed by atoms with Gasteiger partial charge in [0.05, 0.1) is 30.6 Å². The van der Waals surface area contributed by atoms with Crippen LogP contribution in [0.5, 0.6) is 0 Å². The van der Waals surface area contributed by atoms with E-state index in [0.717, 1.165) is 29.7 Å². The van der Waals surface area contributed by atoms with Gasteiger partial charge < -0.3 is 20.4 Å². The van der Waals surface area contributed by atoms with Crippen LogP contribution in [0.3, 0.4) is 0 Å². The monoisotopic (exact) mass is 539 g/mol. The van der Waals surface area contributed by atoms with Gasteiger partial charge in [0.25, 0.3) is 0 Å². The molecule has 37 heavy (non-hydrogen) atoms. The van der Waals surface area contributed by atoms with Crippen molar-refractivity contribution >= 4 is 10.9 Å². The van der Waals surface area contributed by atoms with Gasteiger partial charge in [-0.2, -0.15) is 0 Å². The first-order chi connectivity index (χ1) is 17.5. The molecule has 1 saturated heterocycles. The highest BCUT2D eigenvalue weighted by Gasteiger charge is 2.49. The van der Waals surface area contributed by atoms with E-state index in [1.165, 1.54) is 10.9 Å². The molecule has 1 aliphatic rings.